The van der Waals surface area contributed by atoms with Crippen molar-refractivity contribution < 1.29 is 37.0 Å². The molecular weight excluding hydrogens is 496 g/mol. The highest BCUT2D eigenvalue weighted by molar-refractivity contribution is 6.33. The van der Waals surface area contributed by atoms with Crippen molar-refractivity contribution in [3.63, 3.8) is 0 Å². The van der Waals surface area contributed by atoms with E-state index in [-0.39, 0.29) is 17.2 Å². The number of amides is 2. The van der Waals surface area contributed by atoms with E-state index in [9.17, 15) is 32.3 Å². The number of rotatable bonds is 6. The van der Waals surface area contributed by atoms with Crippen molar-refractivity contribution in [3.05, 3.63) is 29.0 Å². The lowest BCUT2D eigenvalue weighted by Gasteiger charge is -2.56. The molecule has 1 heterocycles. The van der Waals surface area contributed by atoms with E-state index < -0.39 is 65.9 Å². The quantitative estimate of drug-likeness (QED) is 0.502. The normalized spacial score (nSPS) is 29.9. The van der Waals surface area contributed by atoms with Gasteiger partial charge in [0.15, 0.2) is 12.3 Å². The van der Waals surface area contributed by atoms with E-state index in [0.29, 0.717) is 31.9 Å². The van der Waals surface area contributed by atoms with Gasteiger partial charge in [-0.15, -0.1) is 0 Å². The van der Waals surface area contributed by atoms with Crippen LogP contribution in [0.4, 0.5) is 17.6 Å². The van der Waals surface area contributed by atoms with Crippen LogP contribution in [-0.4, -0.2) is 71.4 Å². The fraction of sp³-hybridized carbons (Fsp3) is 0.545. The predicted octanol–water partition coefficient (Wildman–Crippen LogP) is 2.36. The maximum atomic E-state index is 13.5. The number of aliphatic hydroxyl groups is 1. The molecule has 190 valence electrons. The van der Waals surface area contributed by atoms with Crippen molar-refractivity contribution in [2.75, 3.05) is 13.2 Å². The summed E-state index contributed by atoms with van der Waals surface area (Å²) >= 11 is 5.62. The molecule has 3 fully saturated rings. The van der Waals surface area contributed by atoms with Crippen molar-refractivity contribution >= 4 is 35.3 Å². The number of aliphatic imine (C=N–C) groups is 2. The standard InChI is InChI=1S/C22H23ClF4N4O4/c23-13-2-1-12(7-14(13)24)35-11-18(33)30-21-5-3-20(4-6-21,8-17(21)32)31-19(34)15-9-29-16(10-28-15)22(25,26)27/h1-2,7,10,15,17,32H,3-6,8-9,11H2,(H,30,33)(H,31,34)/t15?,17-,20?,21?/m0/s1. The van der Waals surface area contributed by atoms with Crippen LogP contribution in [0.3, 0.4) is 0 Å². The molecule has 1 aromatic carbocycles. The lowest BCUT2D eigenvalue weighted by molar-refractivity contribution is -0.136. The topological polar surface area (TPSA) is 112 Å². The third-order valence-corrected chi connectivity index (χ3v) is 7.07. The van der Waals surface area contributed by atoms with Crippen molar-refractivity contribution in [2.45, 2.75) is 61.5 Å². The highest BCUT2D eigenvalue weighted by Gasteiger charge is 2.55. The van der Waals surface area contributed by atoms with Crippen LogP contribution >= 0.6 is 11.6 Å². The maximum Gasteiger partial charge on any atom is 0.434 e. The molecule has 2 atom stereocenters. The third-order valence-electron chi connectivity index (χ3n) is 6.76. The van der Waals surface area contributed by atoms with Gasteiger partial charge in [0, 0.05) is 11.6 Å². The fourth-order valence-electron chi connectivity index (χ4n) is 4.78. The van der Waals surface area contributed by atoms with E-state index in [1.54, 1.807) is 0 Å². The number of carbonyl (C=O) groups is 2. The number of hydrogen-bond acceptors (Lipinski definition) is 6. The summed E-state index contributed by atoms with van der Waals surface area (Å²) in [6, 6.07) is 2.72. The Balaban J connectivity index is 1.31. The zero-order chi connectivity index (χ0) is 25.4. The number of carbonyl (C=O) groups excluding carboxylic acids is 2. The molecule has 0 radical (unpaired) electrons. The van der Waals surface area contributed by atoms with Crippen LogP contribution in [0.15, 0.2) is 28.2 Å². The van der Waals surface area contributed by atoms with Gasteiger partial charge in [-0.05, 0) is 44.2 Å². The molecule has 2 amide bonds. The molecule has 8 nitrogen and oxygen atoms in total. The average Bonchev–Trinajstić information content (AvgIpc) is 2.80. The van der Waals surface area contributed by atoms with Crippen molar-refractivity contribution in [2.24, 2.45) is 9.98 Å². The number of nitrogens with zero attached hydrogens (tertiary/aromatic N) is 2. The summed E-state index contributed by atoms with van der Waals surface area (Å²) in [5, 5.41) is 16.4. The minimum Gasteiger partial charge on any atom is -0.484 e. The number of ether oxygens (including phenoxy) is 1. The molecular formula is C22H23ClF4N4O4. The Morgan fingerprint density at radius 3 is 2.49 bits per heavy atom. The maximum absolute atomic E-state index is 13.5. The van der Waals surface area contributed by atoms with Gasteiger partial charge >= 0.3 is 6.18 Å². The third kappa shape index (κ3) is 5.43. The summed E-state index contributed by atoms with van der Waals surface area (Å²) in [4.78, 5) is 32.2. The van der Waals surface area contributed by atoms with Gasteiger partial charge in [0.05, 0.1) is 29.4 Å². The first-order valence-electron chi connectivity index (χ1n) is 11.0. The van der Waals surface area contributed by atoms with Crippen LogP contribution in [0, 0.1) is 5.82 Å². The molecule has 35 heavy (non-hydrogen) atoms. The number of benzene rings is 1. The highest BCUT2D eigenvalue weighted by Crippen LogP contribution is 2.47. The molecule has 0 spiro atoms. The molecule has 3 saturated carbocycles. The Labute approximate surface area is 202 Å². The number of nitrogens with one attached hydrogen (secondary N) is 2. The van der Waals surface area contributed by atoms with Crippen molar-refractivity contribution in [3.8, 4) is 5.75 Å². The largest absolute Gasteiger partial charge is 0.484 e. The molecule has 13 heteroatoms. The number of hydrogen-bond donors (Lipinski definition) is 3. The number of aliphatic hydroxyl groups excluding tert-OH is 1. The minimum absolute atomic E-state index is 0.0714. The van der Waals surface area contributed by atoms with E-state index >= 15 is 0 Å². The van der Waals surface area contributed by atoms with Crippen LogP contribution in [0.1, 0.15) is 32.1 Å². The van der Waals surface area contributed by atoms with Gasteiger partial charge < -0.3 is 20.5 Å². The lowest BCUT2D eigenvalue weighted by atomic mass is 9.59. The molecule has 3 N–H and O–H groups in total. The van der Waals surface area contributed by atoms with Gasteiger partial charge in [0.25, 0.3) is 5.91 Å². The van der Waals surface area contributed by atoms with Crippen LogP contribution in [0.5, 0.6) is 5.75 Å². The summed E-state index contributed by atoms with van der Waals surface area (Å²) in [5.41, 5.74) is -2.77. The summed E-state index contributed by atoms with van der Waals surface area (Å²) in [5.74, 6) is -1.59. The van der Waals surface area contributed by atoms with Gasteiger partial charge in [-0.3, -0.25) is 19.6 Å². The van der Waals surface area contributed by atoms with E-state index in [4.69, 9.17) is 16.3 Å². The number of alkyl halides is 3. The zero-order valence-corrected chi connectivity index (χ0v) is 19.1. The van der Waals surface area contributed by atoms with E-state index in [2.05, 4.69) is 20.6 Å². The first-order chi connectivity index (χ1) is 16.4. The zero-order valence-electron chi connectivity index (χ0n) is 18.4. The second-order valence-electron chi connectivity index (χ2n) is 9.08. The molecule has 3 aliphatic carbocycles. The van der Waals surface area contributed by atoms with Gasteiger partial charge in [-0.1, -0.05) is 11.6 Å². The second-order valence-corrected chi connectivity index (χ2v) is 9.48. The van der Waals surface area contributed by atoms with Gasteiger partial charge in [0.2, 0.25) is 5.91 Å². The fourth-order valence-corrected chi connectivity index (χ4v) is 4.90. The number of fused-ring (bicyclic) bond motifs is 3. The molecule has 0 aromatic heterocycles. The smallest absolute Gasteiger partial charge is 0.434 e. The van der Waals surface area contributed by atoms with Crippen molar-refractivity contribution in [1.29, 1.82) is 0 Å². The lowest BCUT2D eigenvalue weighted by Crippen LogP contribution is -2.70. The SMILES string of the molecule is O=C(COc1ccc(Cl)c(F)c1)NC12CCC(NC(=O)C3CN=C(C(F)(F)F)C=N3)(CC1)C[C@@H]2O. The monoisotopic (exact) mass is 518 g/mol. The Morgan fingerprint density at radius 1 is 1.20 bits per heavy atom. The first kappa shape index (κ1) is 25.4. The van der Waals surface area contributed by atoms with Crippen molar-refractivity contribution in [1.82, 2.24) is 10.6 Å². The summed E-state index contributed by atoms with van der Waals surface area (Å²) in [7, 11) is 0. The molecule has 1 aliphatic heterocycles. The van der Waals surface area contributed by atoms with E-state index in [1.165, 1.54) is 12.1 Å². The van der Waals surface area contributed by atoms with E-state index in [0.717, 1.165) is 6.07 Å². The second kappa shape index (κ2) is 9.38. The summed E-state index contributed by atoms with van der Waals surface area (Å²) in [6.07, 6.45) is -3.21. The van der Waals surface area contributed by atoms with Crippen LogP contribution < -0.4 is 15.4 Å². The van der Waals surface area contributed by atoms with Crippen LogP contribution in [0.25, 0.3) is 0 Å². The summed E-state index contributed by atoms with van der Waals surface area (Å²) in [6.45, 7) is -0.801. The Bertz CT molecular complexity index is 1070. The van der Waals surface area contributed by atoms with Gasteiger partial charge in [-0.2, -0.15) is 13.2 Å². The molecule has 5 rings (SSSR count). The van der Waals surface area contributed by atoms with Crippen LogP contribution in [0.2, 0.25) is 5.02 Å². The Kier molecular flexibility index (Phi) is 6.80. The highest BCUT2D eigenvalue weighted by atomic mass is 35.5. The molecule has 4 aliphatic rings. The van der Waals surface area contributed by atoms with Crippen LogP contribution in [-0.2, 0) is 9.59 Å². The van der Waals surface area contributed by atoms with E-state index in [1.807, 2.05) is 0 Å². The molecule has 1 unspecified atom stereocenters. The minimum atomic E-state index is -4.62. The Morgan fingerprint density at radius 2 is 1.91 bits per heavy atom. The molecule has 0 saturated heterocycles. The predicted molar refractivity (Wildman–Crippen MR) is 118 cm³/mol. The molecule has 1 aromatic rings. The van der Waals surface area contributed by atoms with Gasteiger partial charge in [0.1, 0.15) is 17.6 Å². The average molecular weight is 519 g/mol. The van der Waals surface area contributed by atoms with Gasteiger partial charge in [-0.25, -0.2) is 4.39 Å². The first-order valence-corrected chi connectivity index (χ1v) is 11.3. The molecule has 2 bridgehead atoms. The Hall–Kier alpha value is -2.73. The number of halogens is 5. The summed E-state index contributed by atoms with van der Waals surface area (Å²) < 4.78 is 56.9.